The van der Waals surface area contributed by atoms with E-state index in [2.05, 4.69) is 0 Å². The van der Waals surface area contributed by atoms with Gasteiger partial charge >= 0.3 is 6.09 Å². The highest BCUT2D eigenvalue weighted by molar-refractivity contribution is 5.68. The van der Waals surface area contributed by atoms with Gasteiger partial charge in [-0.15, -0.1) is 0 Å². The number of aliphatic hydroxyl groups is 1. The molecule has 4 nitrogen and oxygen atoms in total. The van der Waals surface area contributed by atoms with Crippen LogP contribution in [0.25, 0.3) is 0 Å². The Morgan fingerprint density at radius 2 is 1.75 bits per heavy atom. The lowest BCUT2D eigenvalue weighted by Crippen LogP contribution is -2.36. The highest BCUT2D eigenvalue weighted by Gasteiger charge is 2.42. The molecule has 0 aromatic carbocycles. The predicted molar refractivity (Wildman–Crippen MR) is 60.0 cm³/mol. The number of ether oxygens (including phenoxy) is 1. The number of likely N-dealkylation sites (tertiary alicyclic amines) is 1. The van der Waals surface area contributed by atoms with E-state index in [9.17, 15) is 9.90 Å². The molecule has 1 saturated heterocycles. The molecule has 4 heteroatoms. The van der Waals surface area contributed by atoms with Crippen molar-refractivity contribution in [1.29, 1.82) is 0 Å². The second kappa shape index (κ2) is 3.91. The number of carbonyl (C=O) groups is 1. The lowest BCUT2D eigenvalue weighted by atomic mass is 10.0. The van der Waals surface area contributed by atoms with Gasteiger partial charge in [0.05, 0.1) is 6.10 Å². The molecule has 0 bridgehead atoms. The van der Waals surface area contributed by atoms with Crippen molar-refractivity contribution >= 4 is 6.09 Å². The maximum atomic E-state index is 11.8. The molecule has 2 fully saturated rings. The van der Waals surface area contributed by atoms with Crippen LogP contribution in [-0.2, 0) is 4.74 Å². The van der Waals surface area contributed by atoms with Crippen molar-refractivity contribution in [2.45, 2.75) is 45.3 Å². The van der Waals surface area contributed by atoms with Crippen LogP contribution < -0.4 is 0 Å². The lowest BCUT2D eigenvalue weighted by Gasteiger charge is -2.25. The minimum atomic E-state index is -0.422. The molecular weight excluding hydrogens is 206 g/mol. The Morgan fingerprint density at radius 1 is 1.25 bits per heavy atom. The maximum absolute atomic E-state index is 11.8. The van der Waals surface area contributed by atoms with Gasteiger partial charge in [0.2, 0.25) is 0 Å². The monoisotopic (exact) mass is 227 g/mol. The van der Waals surface area contributed by atoms with Crippen molar-refractivity contribution < 1.29 is 14.6 Å². The summed E-state index contributed by atoms with van der Waals surface area (Å²) in [4.78, 5) is 13.6. The van der Waals surface area contributed by atoms with Gasteiger partial charge in [0, 0.05) is 13.1 Å². The van der Waals surface area contributed by atoms with Crippen LogP contribution in [0, 0.1) is 11.8 Å². The number of aliphatic hydroxyl groups excluding tert-OH is 1. The van der Waals surface area contributed by atoms with Gasteiger partial charge < -0.3 is 14.7 Å². The molecule has 92 valence electrons. The van der Waals surface area contributed by atoms with Crippen molar-refractivity contribution in [3.05, 3.63) is 0 Å². The molecule has 1 N–H and O–H groups in total. The summed E-state index contributed by atoms with van der Waals surface area (Å²) in [7, 11) is 0. The van der Waals surface area contributed by atoms with Gasteiger partial charge in [-0.25, -0.2) is 4.79 Å². The van der Waals surface area contributed by atoms with Gasteiger partial charge in [0.1, 0.15) is 5.60 Å². The Morgan fingerprint density at radius 3 is 2.19 bits per heavy atom. The topological polar surface area (TPSA) is 49.8 Å². The zero-order valence-corrected chi connectivity index (χ0v) is 10.3. The van der Waals surface area contributed by atoms with Crippen molar-refractivity contribution in [3.63, 3.8) is 0 Å². The molecule has 0 aromatic rings. The fourth-order valence-corrected chi connectivity index (χ4v) is 2.74. The highest BCUT2D eigenvalue weighted by atomic mass is 16.6. The third kappa shape index (κ3) is 2.48. The molecule has 2 rings (SSSR count). The fourth-order valence-electron chi connectivity index (χ4n) is 2.74. The first-order valence-electron chi connectivity index (χ1n) is 6.01. The normalized spacial score (nSPS) is 30.6. The maximum Gasteiger partial charge on any atom is 0.410 e. The number of carbonyl (C=O) groups excluding carboxylic acids is 1. The summed E-state index contributed by atoms with van der Waals surface area (Å²) in [6.07, 6.45) is 1.31. The third-order valence-corrected chi connectivity index (χ3v) is 3.38. The second-order valence-electron chi connectivity index (χ2n) is 6.03. The van der Waals surface area contributed by atoms with Crippen LogP contribution in [0.1, 0.15) is 33.6 Å². The Bertz CT molecular complexity index is 270. The SMILES string of the molecule is CC(C)(C)OC(=O)N1C[C@H]2CC(O)C[C@@H]2C1. The molecule has 0 radical (unpaired) electrons. The number of hydrogen-bond acceptors (Lipinski definition) is 3. The molecule has 0 aromatic heterocycles. The third-order valence-electron chi connectivity index (χ3n) is 3.38. The van der Waals surface area contributed by atoms with Crippen LogP contribution in [0.3, 0.4) is 0 Å². The van der Waals surface area contributed by atoms with E-state index in [0.717, 1.165) is 25.9 Å². The van der Waals surface area contributed by atoms with Crippen LogP contribution in [0.5, 0.6) is 0 Å². The van der Waals surface area contributed by atoms with Crippen LogP contribution in [0.4, 0.5) is 4.79 Å². The molecule has 0 spiro atoms. The number of hydrogen-bond donors (Lipinski definition) is 1. The molecule has 1 amide bonds. The minimum absolute atomic E-state index is 0.157. The molecule has 0 unspecified atom stereocenters. The van der Waals surface area contributed by atoms with E-state index in [-0.39, 0.29) is 12.2 Å². The van der Waals surface area contributed by atoms with Crippen LogP contribution >= 0.6 is 0 Å². The average molecular weight is 227 g/mol. The minimum Gasteiger partial charge on any atom is -0.444 e. The van der Waals surface area contributed by atoms with E-state index in [1.807, 2.05) is 20.8 Å². The zero-order valence-electron chi connectivity index (χ0n) is 10.3. The molecule has 2 atom stereocenters. The average Bonchev–Trinajstić information content (AvgIpc) is 2.56. The fraction of sp³-hybridized carbons (Fsp3) is 0.917. The van der Waals surface area contributed by atoms with E-state index < -0.39 is 5.60 Å². The van der Waals surface area contributed by atoms with Crippen LogP contribution in [0.2, 0.25) is 0 Å². The number of rotatable bonds is 0. The highest BCUT2D eigenvalue weighted by Crippen LogP contribution is 2.38. The van der Waals surface area contributed by atoms with E-state index in [1.165, 1.54) is 0 Å². The molecule has 2 aliphatic rings. The van der Waals surface area contributed by atoms with Gasteiger partial charge in [-0.05, 0) is 45.4 Å². The van der Waals surface area contributed by atoms with Crippen LogP contribution in [0.15, 0.2) is 0 Å². The summed E-state index contributed by atoms with van der Waals surface area (Å²) in [6, 6.07) is 0. The smallest absolute Gasteiger partial charge is 0.410 e. The Hall–Kier alpha value is -0.770. The van der Waals surface area contributed by atoms with E-state index in [0.29, 0.717) is 11.8 Å². The Balaban J connectivity index is 1.88. The summed E-state index contributed by atoms with van der Waals surface area (Å²) < 4.78 is 5.34. The summed E-state index contributed by atoms with van der Waals surface area (Å²) in [5.41, 5.74) is -0.422. The first-order chi connectivity index (χ1) is 7.35. The molecular formula is C12H21NO3. The van der Waals surface area contributed by atoms with E-state index >= 15 is 0 Å². The number of nitrogens with zero attached hydrogens (tertiary/aromatic N) is 1. The van der Waals surface area contributed by atoms with Gasteiger partial charge in [-0.1, -0.05) is 0 Å². The first-order valence-corrected chi connectivity index (χ1v) is 6.01. The number of amides is 1. The van der Waals surface area contributed by atoms with Crippen molar-refractivity contribution in [2.75, 3.05) is 13.1 Å². The summed E-state index contributed by atoms with van der Waals surface area (Å²) >= 11 is 0. The van der Waals surface area contributed by atoms with Crippen molar-refractivity contribution in [3.8, 4) is 0 Å². The van der Waals surface area contributed by atoms with Gasteiger partial charge in [0.15, 0.2) is 0 Å². The summed E-state index contributed by atoms with van der Waals surface area (Å²) in [6.45, 7) is 7.13. The molecule has 1 aliphatic carbocycles. The van der Waals surface area contributed by atoms with Gasteiger partial charge in [0.25, 0.3) is 0 Å². The van der Waals surface area contributed by atoms with Crippen LogP contribution in [-0.4, -0.2) is 40.9 Å². The molecule has 1 heterocycles. The molecule has 1 aliphatic heterocycles. The Labute approximate surface area is 96.6 Å². The van der Waals surface area contributed by atoms with E-state index in [1.54, 1.807) is 4.90 Å². The van der Waals surface area contributed by atoms with Crippen molar-refractivity contribution in [1.82, 2.24) is 4.90 Å². The summed E-state index contributed by atoms with van der Waals surface area (Å²) in [5, 5.41) is 9.51. The van der Waals surface area contributed by atoms with Crippen molar-refractivity contribution in [2.24, 2.45) is 11.8 Å². The second-order valence-corrected chi connectivity index (χ2v) is 6.03. The molecule has 16 heavy (non-hydrogen) atoms. The zero-order chi connectivity index (χ0) is 11.9. The molecule has 1 saturated carbocycles. The van der Waals surface area contributed by atoms with Gasteiger partial charge in [-0.3, -0.25) is 0 Å². The quantitative estimate of drug-likeness (QED) is 0.684. The number of fused-ring (bicyclic) bond motifs is 1. The summed E-state index contributed by atoms with van der Waals surface area (Å²) in [5.74, 6) is 0.949. The van der Waals surface area contributed by atoms with E-state index in [4.69, 9.17) is 4.74 Å². The first kappa shape index (κ1) is 11.7. The van der Waals surface area contributed by atoms with Gasteiger partial charge in [-0.2, -0.15) is 0 Å². The lowest BCUT2D eigenvalue weighted by molar-refractivity contribution is 0.0269. The predicted octanol–water partition coefficient (Wildman–Crippen LogP) is 1.62. The largest absolute Gasteiger partial charge is 0.444 e. The Kier molecular flexibility index (Phi) is 2.86. The standard InChI is InChI=1S/C12H21NO3/c1-12(2,3)16-11(15)13-6-8-4-10(14)5-9(8)7-13/h8-10,14H,4-7H2,1-3H3/t8-,9-/m1/s1.